The van der Waals surface area contributed by atoms with Crippen LogP contribution in [0.4, 0.5) is 0 Å². The predicted octanol–water partition coefficient (Wildman–Crippen LogP) is 9.01. The molecule has 0 saturated carbocycles. The quantitative estimate of drug-likeness (QED) is 0.122. The zero-order valence-corrected chi connectivity index (χ0v) is 28.2. The monoisotopic (exact) mass is 666 g/mol. The van der Waals surface area contributed by atoms with Crippen molar-refractivity contribution in [3.8, 4) is 23.3 Å². The van der Waals surface area contributed by atoms with Gasteiger partial charge in [-0.2, -0.15) is 5.26 Å². The predicted molar refractivity (Wildman–Crippen MR) is 184 cm³/mol. The molecule has 0 aliphatic rings. The Kier molecular flexibility index (Phi) is 20.1. The molecular weight excluding hydrogens is 627 g/mol. The second-order valence-corrected chi connectivity index (χ2v) is 10.6. The first-order valence-corrected chi connectivity index (χ1v) is 14.5. The van der Waals surface area contributed by atoms with Gasteiger partial charge in [0, 0.05) is 26.1 Å². The highest BCUT2D eigenvalue weighted by Gasteiger charge is 2.04. The molecule has 0 radical (unpaired) electrons. The van der Waals surface area contributed by atoms with E-state index in [1.165, 1.54) is 72.1 Å². The van der Waals surface area contributed by atoms with E-state index in [0.29, 0.717) is 11.3 Å². The van der Waals surface area contributed by atoms with Crippen molar-refractivity contribution >= 4 is 34.4 Å². The van der Waals surface area contributed by atoms with Gasteiger partial charge in [0.15, 0.2) is 0 Å². The summed E-state index contributed by atoms with van der Waals surface area (Å²) in [5.41, 5.74) is 5.45. The van der Waals surface area contributed by atoms with Gasteiger partial charge in [0.25, 0.3) is 5.24 Å². The first-order valence-electron chi connectivity index (χ1n) is 13.8. The number of carbonyl (C=O) groups is 2. The number of hydrogen-bond acceptors (Lipinski definition) is 7. The standard InChI is InChI=1S/C13H18ClN.C7H5ClO2.C7H6O3.C7H8O.C2H3N/c1-10(2)13(14)15(4)9-12-7-5-11(3)6-8-12;8-7(10)5-1-3-6(9)4-2-5;8-6-3-1-5(2-4-6)7(9)10;1-6-2-4-7(8)5-3-6;1-2-3/h5-8H,9H2,1-4H3;1-4,9H;1-4,8H,(H,9,10);2-5,8H,1H3;1H3. The van der Waals surface area contributed by atoms with Crippen LogP contribution in [0.15, 0.2) is 108 Å². The van der Waals surface area contributed by atoms with E-state index < -0.39 is 11.2 Å². The fraction of sp³-hybridized carbons (Fsp3) is 0.194. The van der Waals surface area contributed by atoms with Crippen molar-refractivity contribution in [2.24, 2.45) is 0 Å². The van der Waals surface area contributed by atoms with Crippen molar-refractivity contribution in [2.45, 2.75) is 41.2 Å². The van der Waals surface area contributed by atoms with E-state index in [2.05, 4.69) is 36.1 Å². The van der Waals surface area contributed by atoms with Gasteiger partial charge in [0.05, 0.1) is 11.6 Å². The molecule has 46 heavy (non-hydrogen) atoms. The Morgan fingerprint density at radius 3 is 1.33 bits per heavy atom. The molecule has 244 valence electrons. The van der Waals surface area contributed by atoms with Gasteiger partial charge >= 0.3 is 5.97 Å². The summed E-state index contributed by atoms with van der Waals surface area (Å²) in [6.07, 6.45) is 0. The Morgan fingerprint density at radius 1 is 0.696 bits per heavy atom. The number of rotatable bonds is 5. The molecule has 0 spiro atoms. The minimum atomic E-state index is -0.986. The van der Waals surface area contributed by atoms with Crippen LogP contribution >= 0.6 is 23.2 Å². The van der Waals surface area contributed by atoms with Crippen molar-refractivity contribution < 1.29 is 30.0 Å². The molecule has 4 aromatic carbocycles. The Bertz CT molecular complexity index is 1470. The smallest absolute Gasteiger partial charge is 0.335 e. The number of phenols is 3. The van der Waals surface area contributed by atoms with E-state index >= 15 is 0 Å². The summed E-state index contributed by atoms with van der Waals surface area (Å²) in [4.78, 5) is 22.7. The van der Waals surface area contributed by atoms with Crippen molar-refractivity contribution in [2.75, 3.05) is 7.05 Å². The van der Waals surface area contributed by atoms with Gasteiger partial charge in [-0.1, -0.05) is 59.1 Å². The van der Waals surface area contributed by atoms with Gasteiger partial charge in [-0.25, -0.2) is 4.79 Å². The molecule has 4 aromatic rings. The maximum Gasteiger partial charge on any atom is 0.335 e. The maximum absolute atomic E-state index is 10.4. The summed E-state index contributed by atoms with van der Waals surface area (Å²) in [6.45, 7) is 10.4. The Morgan fingerprint density at radius 2 is 1.02 bits per heavy atom. The molecule has 0 bridgehead atoms. The van der Waals surface area contributed by atoms with Crippen LogP contribution in [0.3, 0.4) is 0 Å². The number of aromatic carboxylic acids is 1. The molecule has 0 unspecified atom stereocenters. The van der Waals surface area contributed by atoms with Crippen molar-refractivity contribution in [1.82, 2.24) is 4.90 Å². The van der Waals surface area contributed by atoms with Crippen LogP contribution in [-0.2, 0) is 6.54 Å². The molecular formula is C36H40Cl2N2O6. The summed E-state index contributed by atoms with van der Waals surface area (Å²) in [6, 6.07) is 28.5. The van der Waals surface area contributed by atoms with Gasteiger partial charge < -0.3 is 25.3 Å². The number of aryl methyl sites for hydroxylation is 2. The second kappa shape index (κ2) is 22.5. The lowest BCUT2D eigenvalue weighted by molar-refractivity contribution is 0.0696. The number of nitriles is 1. The van der Waals surface area contributed by atoms with Crippen LogP contribution < -0.4 is 0 Å². The number of allylic oxidation sites excluding steroid dienone is 1. The third-order valence-electron chi connectivity index (χ3n) is 5.53. The van der Waals surface area contributed by atoms with Crippen molar-refractivity contribution in [3.05, 3.63) is 136 Å². The normalized spacial score (nSPS) is 9.02. The lowest BCUT2D eigenvalue weighted by Crippen LogP contribution is -2.14. The van der Waals surface area contributed by atoms with E-state index in [1.54, 1.807) is 18.2 Å². The average Bonchev–Trinajstić information content (AvgIpc) is 3.01. The number of carboxylic acids is 1. The van der Waals surface area contributed by atoms with Gasteiger partial charge in [-0.05, 0) is 111 Å². The van der Waals surface area contributed by atoms with E-state index in [4.69, 9.17) is 48.9 Å². The Balaban J connectivity index is 0.000000583. The highest BCUT2D eigenvalue weighted by atomic mass is 35.5. The summed E-state index contributed by atoms with van der Waals surface area (Å²) in [7, 11) is 2.01. The van der Waals surface area contributed by atoms with Crippen molar-refractivity contribution in [3.63, 3.8) is 0 Å². The molecule has 0 fully saturated rings. The van der Waals surface area contributed by atoms with E-state index in [-0.39, 0.29) is 17.1 Å². The summed E-state index contributed by atoms with van der Waals surface area (Å²) < 4.78 is 0. The average molecular weight is 668 g/mol. The minimum absolute atomic E-state index is 0.0741. The largest absolute Gasteiger partial charge is 0.508 e. The van der Waals surface area contributed by atoms with E-state index in [9.17, 15) is 9.59 Å². The van der Waals surface area contributed by atoms with Crippen LogP contribution in [0.1, 0.15) is 58.2 Å². The number of hydrogen-bond donors (Lipinski definition) is 4. The fourth-order valence-corrected chi connectivity index (χ4v) is 3.35. The molecule has 0 heterocycles. The number of carboxylic acid groups (broad SMARTS) is 1. The molecule has 0 aliphatic heterocycles. The number of benzene rings is 4. The van der Waals surface area contributed by atoms with Crippen LogP contribution in [0.5, 0.6) is 17.2 Å². The highest BCUT2D eigenvalue weighted by molar-refractivity contribution is 6.67. The minimum Gasteiger partial charge on any atom is -0.508 e. The topological polar surface area (TPSA) is 142 Å². The lowest BCUT2D eigenvalue weighted by atomic mass is 10.1. The fourth-order valence-electron chi connectivity index (χ4n) is 3.16. The number of nitrogens with zero attached hydrogens (tertiary/aromatic N) is 2. The molecule has 0 amide bonds. The number of carbonyl (C=O) groups excluding carboxylic acids is 1. The molecule has 0 aliphatic carbocycles. The summed E-state index contributed by atoms with van der Waals surface area (Å²) in [5.74, 6) is -0.456. The molecule has 8 nitrogen and oxygen atoms in total. The van der Waals surface area contributed by atoms with E-state index in [1.807, 2.05) is 40.0 Å². The molecule has 0 saturated heterocycles. The zero-order valence-electron chi connectivity index (χ0n) is 26.7. The number of phenolic OH excluding ortho intramolecular Hbond substituents is 3. The molecule has 4 N–H and O–H groups in total. The van der Waals surface area contributed by atoms with Crippen molar-refractivity contribution in [1.29, 1.82) is 5.26 Å². The van der Waals surface area contributed by atoms with Gasteiger partial charge in [0.2, 0.25) is 0 Å². The van der Waals surface area contributed by atoms with Gasteiger partial charge in [-0.15, -0.1) is 0 Å². The molecule has 4 rings (SSSR count). The Hall–Kier alpha value is -4.97. The third-order valence-corrected chi connectivity index (χ3v) is 6.42. The van der Waals surface area contributed by atoms with Crippen LogP contribution in [0.2, 0.25) is 0 Å². The third kappa shape index (κ3) is 18.6. The highest BCUT2D eigenvalue weighted by Crippen LogP contribution is 2.16. The summed E-state index contributed by atoms with van der Waals surface area (Å²) in [5, 5.41) is 42.3. The van der Waals surface area contributed by atoms with Crippen LogP contribution in [0, 0.1) is 25.2 Å². The molecule has 0 aromatic heterocycles. The Labute approximate surface area is 281 Å². The second-order valence-electron chi connectivity index (χ2n) is 9.86. The number of halogens is 2. The first kappa shape index (κ1) is 41.0. The summed E-state index contributed by atoms with van der Waals surface area (Å²) >= 11 is 11.3. The van der Waals surface area contributed by atoms with Gasteiger partial charge in [0.1, 0.15) is 22.4 Å². The zero-order chi connectivity index (χ0) is 35.2. The number of aromatic hydroxyl groups is 3. The maximum atomic E-state index is 10.4. The molecule has 0 atom stereocenters. The van der Waals surface area contributed by atoms with Crippen LogP contribution in [0.25, 0.3) is 0 Å². The van der Waals surface area contributed by atoms with Crippen LogP contribution in [-0.4, -0.2) is 43.6 Å². The first-order chi connectivity index (χ1) is 21.6. The molecule has 10 heteroatoms. The van der Waals surface area contributed by atoms with E-state index in [0.717, 1.165) is 17.3 Å². The lowest BCUT2D eigenvalue weighted by Gasteiger charge is -2.19. The van der Waals surface area contributed by atoms with Gasteiger partial charge in [-0.3, -0.25) is 4.79 Å². The SMILES string of the molecule is CC#N.CC(C)=C(Cl)N(C)Cc1ccc(C)cc1.Cc1ccc(O)cc1.O=C(Cl)c1ccc(O)cc1.O=C(O)c1ccc(O)cc1.